The first-order valence-electron chi connectivity index (χ1n) is 2.68. The minimum absolute atomic E-state index is 1.28. The van der Waals surface area contributed by atoms with Gasteiger partial charge in [0, 0.05) is 0 Å². The molecule has 38 valence electrons. The molecule has 0 amide bonds. The van der Waals surface area contributed by atoms with Crippen LogP contribution < -0.4 is 0 Å². The van der Waals surface area contributed by atoms with Crippen LogP contribution in [-0.4, -0.2) is 0 Å². The Kier molecular flexibility index (Phi) is 0.500. The highest BCUT2D eigenvalue weighted by molar-refractivity contribution is 5.89. The Bertz CT molecular complexity index is 246. The maximum Gasteiger partial charge on any atom is -0.0105 e. The standard InChI is InChI=1S/C8H6/c1-2-6-3-4-7-5-8(6)7/h2-5H,1H2. The van der Waals surface area contributed by atoms with Crippen LogP contribution in [0.2, 0.25) is 0 Å². The summed E-state index contributed by atoms with van der Waals surface area (Å²) in [5, 5.41) is 0. The van der Waals surface area contributed by atoms with Crippen molar-refractivity contribution >= 4 is 6.08 Å². The second-order valence-corrected chi connectivity index (χ2v) is 2.01. The van der Waals surface area contributed by atoms with E-state index in [0.717, 1.165) is 0 Å². The number of hydrogen-bond acceptors (Lipinski definition) is 0. The minimum Gasteiger partial charge on any atom is -0.0984 e. The Labute approximate surface area is 48.5 Å². The van der Waals surface area contributed by atoms with Crippen molar-refractivity contribution in [3.05, 3.63) is 30.3 Å². The molecule has 0 atom stereocenters. The van der Waals surface area contributed by atoms with Crippen molar-refractivity contribution in [2.45, 2.75) is 0 Å². The summed E-state index contributed by atoms with van der Waals surface area (Å²) in [7, 11) is 0. The first-order valence-corrected chi connectivity index (χ1v) is 2.68. The van der Waals surface area contributed by atoms with Crippen LogP contribution in [0.25, 0.3) is 17.2 Å². The van der Waals surface area contributed by atoms with Gasteiger partial charge in [-0.1, -0.05) is 24.8 Å². The van der Waals surface area contributed by atoms with Crippen LogP contribution in [0.5, 0.6) is 0 Å². The maximum atomic E-state index is 3.68. The zero-order valence-corrected chi connectivity index (χ0v) is 4.52. The predicted molar refractivity (Wildman–Crippen MR) is 35.5 cm³/mol. The van der Waals surface area contributed by atoms with Gasteiger partial charge in [0.2, 0.25) is 0 Å². The summed E-state index contributed by atoms with van der Waals surface area (Å²) in [6, 6.07) is 6.38. The highest BCUT2D eigenvalue weighted by atomic mass is 14.2. The monoisotopic (exact) mass is 102 g/mol. The highest BCUT2D eigenvalue weighted by Gasteiger charge is 2.13. The van der Waals surface area contributed by atoms with Crippen LogP contribution in [0.1, 0.15) is 5.56 Å². The second-order valence-electron chi connectivity index (χ2n) is 2.01. The Hall–Kier alpha value is -1.04. The van der Waals surface area contributed by atoms with Crippen molar-refractivity contribution in [3.63, 3.8) is 0 Å². The van der Waals surface area contributed by atoms with Gasteiger partial charge < -0.3 is 0 Å². The number of rotatable bonds is 1. The van der Waals surface area contributed by atoms with E-state index in [0.29, 0.717) is 0 Å². The van der Waals surface area contributed by atoms with Crippen molar-refractivity contribution in [2.75, 3.05) is 0 Å². The molecular formula is C8H6. The van der Waals surface area contributed by atoms with E-state index in [1.54, 1.807) is 0 Å². The lowest BCUT2D eigenvalue weighted by Crippen LogP contribution is -1.53. The van der Waals surface area contributed by atoms with Crippen molar-refractivity contribution in [3.8, 4) is 11.1 Å². The first kappa shape index (κ1) is 3.90. The molecule has 0 heteroatoms. The quantitative estimate of drug-likeness (QED) is 0.518. The van der Waals surface area contributed by atoms with Gasteiger partial charge in [0.05, 0.1) is 0 Å². The molecule has 2 rings (SSSR count). The molecule has 0 radical (unpaired) electrons. The van der Waals surface area contributed by atoms with E-state index in [9.17, 15) is 0 Å². The number of benzene rings is 1. The van der Waals surface area contributed by atoms with Gasteiger partial charge in [0.25, 0.3) is 0 Å². The molecule has 2 aliphatic rings. The fourth-order valence-electron chi connectivity index (χ4n) is 0.955. The normalized spacial score (nSPS) is 11.0. The van der Waals surface area contributed by atoms with E-state index in [1.165, 1.54) is 16.7 Å². The lowest BCUT2D eigenvalue weighted by molar-refractivity contribution is 1.91. The van der Waals surface area contributed by atoms with Gasteiger partial charge in [0.15, 0.2) is 0 Å². The molecule has 0 spiro atoms. The molecule has 0 N–H and O–H groups in total. The largest absolute Gasteiger partial charge is 0.0984 e. The zero-order chi connectivity index (χ0) is 5.56. The van der Waals surface area contributed by atoms with Crippen LogP contribution in [0.4, 0.5) is 0 Å². The summed E-state index contributed by atoms with van der Waals surface area (Å²) >= 11 is 0. The molecule has 2 aliphatic carbocycles. The molecule has 0 bridgehead atoms. The SMILES string of the molecule is C=Cc1ccc2cc1-2. The maximum absolute atomic E-state index is 3.68. The van der Waals surface area contributed by atoms with Gasteiger partial charge in [-0.05, 0) is 22.8 Å². The van der Waals surface area contributed by atoms with E-state index in [2.05, 4.69) is 24.8 Å². The summed E-state index contributed by atoms with van der Waals surface area (Å²) in [5.74, 6) is 0. The minimum atomic E-state index is 1.28. The Morgan fingerprint density at radius 1 is 1.38 bits per heavy atom. The Balaban J connectivity index is 2.63. The van der Waals surface area contributed by atoms with Crippen molar-refractivity contribution < 1.29 is 0 Å². The van der Waals surface area contributed by atoms with Crippen molar-refractivity contribution in [1.29, 1.82) is 0 Å². The molecule has 0 nitrogen and oxygen atoms in total. The Morgan fingerprint density at radius 3 is 2.50 bits per heavy atom. The van der Waals surface area contributed by atoms with E-state index >= 15 is 0 Å². The van der Waals surface area contributed by atoms with Gasteiger partial charge in [-0.25, -0.2) is 0 Å². The third kappa shape index (κ3) is 0.305. The van der Waals surface area contributed by atoms with Crippen molar-refractivity contribution in [2.24, 2.45) is 0 Å². The summed E-state index contributed by atoms with van der Waals surface area (Å²) in [4.78, 5) is 0. The van der Waals surface area contributed by atoms with Gasteiger partial charge in [-0.15, -0.1) is 0 Å². The zero-order valence-electron chi connectivity index (χ0n) is 4.52. The number of fused-ring (bicyclic) bond motifs is 1. The summed E-state index contributed by atoms with van der Waals surface area (Å²) in [6.07, 6.45) is 1.89. The van der Waals surface area contributed by atoms with E-state index in [1.807, 2.05) is 6.08 Å². The predicted octanol–water partition coefficient (Wildman–Crippen LogP) is 2.31. The van der Waals surface area contributed by atoms with Crippen LogP contribution in [-0.2, 0) is 0 Å². The fraction of sp³-hybridized carbons (Fsp3) is 0. The first-order chi connectivity index (χ1) is 3.92. The molecule has 0 unspecified atom stereocenters. The third-order valence-electron chi connectivity index (χ3n) is 1.50. The molecule has 0 saturated heterocycles. The average molecular weight is 102 g/mol. The average Bonchev–Trinajstić information content (AvgIpc) is 2.46. The van der Waals surface area contributed by atoms with E-state index in [4.69, 9.17) is 0 Å². The molecule has 0 saturated carbocycles. The topological polar surface area (TPSA) is 0 Å². The van der Waals surface area contributed by atoms with Crippen LogP contribution in [0.3, 0.4) is 0 Å². The molecule has 0 aromatic heterocycles. The van der Waals surface area contributed by atoms with Gasteiger partial charge >= 0.3 is 0 Å². The summed E-state index contributed by atoms with van der Waals surface area (Å²) in [6.45, 7) is 3.68. The lowest BCUT2D eigenvalue weighted by Gasteiger charge is -1.76. The van der Waals surface area contributed by atoms with E-state index < -0.39 is 0 Å². The third-order valence-corrected chi connectivity index (χ3v) is 1.50. The molecule has 0 aromatic rings. The number of hydrogen-bond donors (Lipinski definition) is 0. The fourth-order valence-corrected chi connectivity index (χ4v) is 0.955. The van der Waals surface area contributed by atoms with Gasteiger partial charge in [-0.3, -0.25) is 0 Å². The molecular weight excluding hydrogens is 96.1 g/mol. The van der Waals surface area contributed by atoms with Gasteiger partial charge in [-0.2, -0.15) is 0 Å². The van der Waals surface area contributed by atoms with Gasteiger partial charge in [0.1, 0.15) is 0 Å². The summed E-state index contributed by atoms with van der Waals surface area (Å²) in [5.41, 5.74) is 4.06. The van der Waals surface area contributed by atoms with Crippen LogP contribution in [0, 0.1) is 0 Å². The highest BCUT2D eigenvalue weighted by Crippen LogP contribution is 2.38. The van der Waals surface area contributed by atoms with Crippen LogP contribution in [0.15, 0.2) is 24.8 Å². The smallest absolute Gasteiger partial charge is 0.0105 e. The van der Waals surface area contributed by atoms with Crippen LogP contribution >= 0.6 is 0 Å². The van der Waals surface area contributed by atoms with Crippen molar-refractivity contribution in [1.82, 2.24) is 0 Å². The molecule has 0 fully saturated rings. The molecule has 0 heterocycles. The molecule has 0 aromatic carbocycles. The Morgan fingerprint density at radius 2 is 2.25 bits per heavy atom. The molecule has 8 heavy (non-hydrogen) atoms. The van der Waals surface area contributed by atoms with E-state index in [-0.39, 0.29) is 0 Å². The summed E-state index contributed by atoms with van der Waals surface area (Å²) < 4.78 is 0. The second kappa shape index (κ2) is 1.03. The lowest BCUT2D eigenvalue weighted by atomic mass is 10.3. The molecule has 0 aliphatic heterocycles.